The number of carbonyl (C=O) groups excluding carboxylic acids is 1. The second-order valence-corrected chi connectivity index (χ2v) is 12.9. The molecule has 6 rings (SSSR count). The zero-order valence-corrected chi connectivity index (χ0v) is 26.5. The number of likely N-dealkylation sites (tertiary alicyclic amines) is 1. The van der Waals surface area contributed by atoms with Crippen molar-refractivity contribution in [1.82, 2.24) is 23.8 Å². The standard InChI is InChI=1S/C32H39N5O6S/c1-21-26-27(38)37(32(2,3)30(39)34-15-7-8-16-34)31(40)35(29(26)44-28(21)36-17-9-14-33-36)20-25(43-22-12-18-42-19-13-22)23-10-5-6-11-24(23)41-4/h5-6,9-11,14,17,22,25H,7-8,12-13,15-16,18-20H2,1-4H3. The fraction of sp³-hybridized carbons (Fsp3) is 0.500. The molecule has 0 saturated carbocycles. The quantitative estimate of drug-likeness (QED) is 0.278. The predicted octanol–water partition coefficient (Wildman–Crippen LogP) is 4.02. The van der Waals surface area contributed by atoms with Gasteiger partial charge in [-0.05, 0) is 58.6 Å². The molecular weight excluding hydrogens is 582 g/mol. The van der Waals surface area contributed by atoms with Gasteiger partial charge in [0.2, 0.25) is 5.91 Å². The van der Waals surface area contributed by atoms with Crippen LogP contribution >= 0.6 is 11.3 Å². The van der Waals surface area contributed by atoms with E-state index in [1.54, 1.807) is 41.3 Å². The minimum atomic E-state index is -1.41. The van der Waals surface area contributed by atoms with Crippen LogP contribution in [0.5, 0.6) is 5.75 Å². The highest BCUT2D eigenvalue weighted by molar-refractivity contribution is 7.21. The van der Waals surface area contributed by atoms with E-state index in [9.17, 15) is 14.4 Å². The molecule has 3 aromatic heterocycles. The Morgan fingerprint density at radius 3 is 2.55 bits per heavy atom. The van der Waals surface area contributed by atoms with E-state index in [1.807, 2.05) is 43.5 Å². The SMILES string of the molecule is COc1ccccc1C(Cn1c(=O)n(C(C)(C)C(=O)N2CCCC2)c(=O)c2c(C)c(-n3cccn3)sc21)OC1CCOCC1. The zero-order chi connectivity index (χ0) is 31.0. The van der Waals surface area contributed by atoms with E-state index >= 15 is 0 Å². The number of aryl methyl sites for hydroxylation is 1. The number of ether oxygens (including phenoxy) is 3. The van der Waals surface area contributed by atoms with Crippen molar-refractivity contribution >= 4 is 27.5 Å². The Morgan fingerprint density at radius 1 is 1.14 bits per heavy atom. The highest BCUT2D eigenvalue weighted by atomic mass is 32.1. The Hall–Kier alpha value is -3.74. The lowest BCUT2D eigenvalue weighted by atomic mass is 10.0. The maximum absolute atomic E-state index is 14.6. The monoisotopic (exact) mass is 621 g/mol. The van der Waals surface area contributed by atoms with Crippen LogP contribution in [0.4, 0.5) is 0 Å². The van der Waals surface area contributed by atoms with Gasteiger partial charge in [-0.1, -0.05) is 29.5 Å². The minimum absolute atomic E-state index is 0.0753. The third-order valence-corrected chi connectivity index (χ3v) is 10.0. The van der Waals surface area contributed by atoms with Crippen LogP contribution in [0.2, 0.25) is 0 Å². The first kappa shape index (κ1) is 30.3. The summed E-state index contributed by atoms with van der Waals surface area (Å²) in [4.78, 5) is 45.1. The molecule has 4 aromatic rings. The van der Waals surface area contributed by atoms with Crippen molar-refractivity contribution in [2.45, 2.75) is 70.7 Å². The first-order chi connectivity index (χ1) is 21.2. The Kier molecular flexibility index (Phi) is 8.49. The second-order valence-electron chi connectivity index (χ2n) is 11.9. The number of fused-ring (bicyclic) bond motifs is 1. The van der Waals surface area contributed by atoms with Gasteiger partial charge in [0.25, 0.3) is 5.56 Å². The van der Waals surface area contributed by atoms with E-state index in [-0.39, 0.29) is 18.6 Å². The molecule has 2 fully saturated rings. The molecule has 44 heavy (non-hydrogen) atoms. The normalized spacial score (nSPS) is 17.0. The van der Waals surface area contributed by atoms with Crippen molar-refractivity contribution in [1.29, 1.82) is 0 Å². The predicted molar refractivity (Wildman–Crippen MR) is 168 cm³/mol. The third-order valence-electron chi connectivity index (χ3n) is 8.73. The topological polar surface area (TPSA) is 110 Å². The molecular formula is C32H39N5O6S. The summed E-state index contributed by atoms with van der Waals surface area (Å²) in [7, 11) is 1.61. The van der Waals surface area contributed by atoms with Gasteiger partial charge in [0, 0.05) is 49.8 Å². The lowest BCUT2D eigenvalue weighted by molar-refractivity contribution is -0.138. The number of para-hydroxylation sites is 1. The number of nitrogens with zero attached hydrogens (tertiary/aromatic N) is 5. The Balaban J connectivity index is 1.56. The van der Waals surface area contributed by atoms with Crippen LogP contribution < -0.4 is 16.0 Å². The molecule has 12 heteroatoms. The van der Waals surface area contributed by atoms with Gasteiger partial charge in [0.1, 0.15) is 27.2 Å². The Labute approximate surface area is 259 Å². The summed E-state index contributed by atoms with van der Waals surface area (Å²) in [6, 6.07) is 9.44. The summed E-state index contributed by atoms with van der Waals surface area (Å²) < 4.78 is 22.5. The maximum atomic E-state index is 14.6. The summed E-state index contributed by atoms with van der Waals surface area (Å²) in [5.74, 6) is 0.409. The number of rotatable bonds is 9. The van der Waals surface area contributed by atoms with E-state index in [0.717, 1.165) is 40.8 Å². The smallest absolute Gasteiger partial charge is 0.333 e. The average Bonchev–Trinajstić information content (AvgIpc) is 3.81. The maximum Gasteiger partial charge on any atom is 0.333 e. The summed E-state index contributed by atoms with van der Waals surface area (Å²) in [6.45, 7) is 7.73. The Bertz CT molecular complexity index is 1760. The Morgan fingerprint density at radius 2 is 1.86 bits per heavy atom. The summed E-state index contributed by atoms with van der Waals surface area (Å²) in [5, 5.41) is 5.53. The molecule has 1 atom stereocenters. The van der Waals surface area contributed by atoms with Crippen molar-refractivity contribution in [3.63, 3.8) is 0 Å². The number of hydrogen-bond donors (Lipinski definition) is 0. The first-order valence-electron chi connectivity index (χ1n) is 15.2. The van der Waals surface area contributed by atoms with Gasteiger partial charge >= 0.3 is 5.69 Å². The number of carbonyl (C=O) groups is 1. The fourth-order valence-corrected chi connectivity index (χ4v) is 7.60. The number of aromatic nitrogens is 4. The molecule has 1 aromatic carbocycles. The summed E-state index contributed by atoms with van der Waals surface area (Å²) in [6.07, 6.45) is 6.10. The number of benzene rings is 1. The molecule has 0 radical (unpaired) electrons. The van der Waals surface area contributed by atoms with Crippen LogP contribution in [0.25, 0.3) is 15.2 Å². The van der Waals surface area contributed by atoms with Gasteiger partial charge in [-0.3, -0.25) is 14.2 Å². The fourth-order valence-electron chi connectivity index (χ4n) is 6.36. The highest BCUT2D eigenvalue weighted by Crippen LogP contribution is 2.35. The van der Waals surface area contributed by atoms with Gasteiger partial charge in [0.15, 0.2) is 0 Å². The van der Waals surface area contributed by atoms with Gasteiger partial charge in [0.05, 0.1) is 25.1 Å². The van der Waals surface area contributed by atoms with E-state index in [2.05, 4.69) is 5.10 Å². The molecule has 0 spiro atoms. The van der Waals surface area contributed by atoms with E-state index in [1.165, 1.54) is 11.3 Å². The van der Waals surface area contributed by atoms with Crippen LogP contribution in [0.15, 0.2) is 52.3 Å². The first-order valence-corrected chi connectivity index (χ1v) is 16.0. The lowest BCUT2D eigenvalue weighted by Crippen LogP contribution is -2.56. The van der Waals surface area contributed by atoms with Crippen LogP contribution in [0.3, 0.4) is 0 Å². The zero-order valence-electron chi connectivity index (χ0n) is 25.7. The van der Waals surface area contributed by atoms with Crippen molar-refractivity contribution in [2.75, 3.05) is 33.4 Å². The van der Waals surface area contributed by atoms with E-state index in [0.29, 0.717) is 47.8 Å². The molecule has 11 nitrogen and oxygen atoms in total. The highest BCUT2D eigenvalue weighted by Gasteiger charge is 2.39. The van der Waals surface area contributed by atoms with Crippen LogP contribution in [-0.4, -0.2) is 69.2 Å². The molecule has 2 aliphatic rings. The summed E-state index contributed by atoms with van der Waals surface area (Å²) in [5.41, 5.74) is -0.943. The summed E-state index contributed by atoms with van der Waals surface area (Å²) >= 11 is 1.33. The molecule has 2 saturated heterocycles. The molecule has 1 amide bonds. The van der Waals surface area contributed by atoms with E-state index < -0.39 is 22.9 Å². The molecule has 2 aliphatic heterocycles. The van der Waals surface area contributed by atoms with Crippen molar-refractivity contribution in [3.8, 4) is 10.8 Å². The second kappa shape index (κ2) is 12.3. The molecule has 5 heterocycles. The number of hydrogen-bond acceptors (Lipinski definition) is 8. The van der Waals surface area contributed by atoms with Crippen molar-refractivity contribution in [2.24, 2.45) is 0 Å². The number of thiophene rings is 1. The minimum Gasteiger partial charge on any atom is -0.496 e. The van der Waals surface area contributed by atoms with Crippen LogP contribution in [0, 0.1) is 6.92 Å². The average molecular weight is 622 g/mol. The molecule has 234 valence electrons. The van der Waals surface area contributed by atoms with Crippen LogP contribution in [0.1, 0.15) is 56.8 Å². The van der Waals surface area contributed by atoms with Crippen molar-refractivity contribution in [3.05, 3.63) is 74.7 Å². The largest absolute Gasteiger partial charge is 0.496 e. The lowest BCUT2D eigenvalue weighted by Gasteiger charge is -2.32. The molecule has 0 N–H and O–H groups in total. The third kappa shape index (κ3) is 5.39. The van der Waals surface area contributed by atoms with E-state index in [4.69, 9.17) is 14.2 Å². The molecule has 0 aliphatic carbocycles. The molecule has 0 bridgehead atoms. The van der Waals surface area contributed by atoms with Gasteiger partial charge in [-0.15, -0.1) is 0 Å². The van der Waals surface area contributed by atoms with Crippen LogP contribution in [-0.2, 0) is 26.4 Å². The number of methoxy groups -OCH3 is 1. The van der Waals surface area contributed by atoms with Gasteiger partial charge in [-0.25, -0.2) is 14.0 Å². The number of amides is 1. The van der Waals surface area contributed by atoms with Gasteiger partial charge in [-0.2, -0.15) is 5.10 Å². The van der Waals surface area contributed by atoms with Gasteiger partial charge < -0.3 is 19.1 Å². The molecule has 1 unspecified atom stereocenters. The van der Waals surface area contributed by atoms with Crippen molar-refractivity contribution < 1.29 is 19.0 Å².